The first kappa shape index (κ1) is 18.7. The number of nitrogens with zero attached hydrogens (tertiary/aromatic N) is 3. The Kier molecular flexibility index (Phi) is 5.89. The molecule has 0 aliphatic rings. The third-order valence-electron chi connectivity index (χ3n) is 3.23. The summed E-state index contributed by atoms with van der Waals surface area (Å²) in [5, 5.41) is 24.3. The van der Waals surface area contributed by atoms with Crippen molar-refractivity contribution in [2.75, 3.05) is 5.32 Å². The first-order chi connectivity index (χ1) is 13.0. The third kappa shape index (κ3) is 4.96. The second-order valence-electron chi connectivity index (χ2n) is 5.13. The van der Waals surface area contributed by atoms with Crippen LogP contribution in [0.25, 0.3) is 10.6 Å². The molecule has 3 rings (SSSR count). The second-order valence-corrected chi connectivity index (χ2v) is 7.03. The number of nitrogens with one attached hydrogen (secondary N) is 2. The third-order valence-corrected chi connectivity index (χ3v) is 4.61. The number of phenolic OH excluding ortho intramolecular Hbond substituents is 1. The lowest BCUT2D eigenvalue weighted by Crippen LogP contribution is -2.32. The normalized spacial score (nSPS) is 10.7. The molecule has 8 nitrogen and oxygen atoms in total. The number of carbonyl (C=O) groups is 2. The van der Waals surface area contributed by atoms with Gasteiger partial charge in [0.05, 0.1) is 6.21 Å². The van der Waals surface area contributed by atoms with Crippen LogP contribution < -0.4 is 10.7 Å². The molecule has 136 valence electrons. The van der Waals surface area contributed by atoms with Crippen LogP contribution >= 0.6 is 27.3 Å². The molecule has 1 heterocycles. The monoisotopic (exact) mass is 445 g/mol. The first-order valence-corrected chi connectivity index (χ1v) is 9.15. The van der Waals surface area contributed by atoms with Gasteiger partial charge in [0.25, 0.3) is 0 Å². The molecular weight excluding hydrogens is 434 g/mol. The van der Waals surface area contributed by atoms with Crippen molar-refractivity contribution in [3.05, 3.63) is 58.6 Å². The summed E-state index contributed by atoms with van der Waals surface area (Å²) in [7, 11) is 0. The van der Waals surface area contributed by atoms with Crippen molar-refractivity contribution in [3.63, 3.8) is 0 Å². The Hall–Kier alpha value is -3.11. The predicted octanol–water partition coefficient (Wildman–Crippen LogP) is 2.76. The number of aromatic nitrogens is 2. The van der Waals surface area contributed by atoms with Crippen LogP contribution in [0.1, 0.15) is 5.56 Å². The van der Waals surface area contributed by atoms with Gasteiger partial charge < -0.3 is 5.11 Å². The van der Waals surface area contributed by atoms with Gasteiger partial charge in [0, 0.05) is 15.6 Å². The summed E-state index contributed by atoms with van der Waals surface area (Å²) in [4.78, 5) is 23.7. The van der Waals surface area contributed by atoms with Crippen molar-refractivity contribution >= 4 is 50.4 Å². The molecule has 0 spiro atoms. The minimum Gasteiger partial charge on any atom is -0.507 e. The van der Waals surface area contributed by atoms with Crippen molar-refractivity contribution in [1.82, 2.24) is 15.6 Å². The summed E-state index contributed by atoms with van der Waals surface area (Å²) in [5.74, 6) is -1.92. The van der Waals surface area contributed by atoms with Gasteiger partial charge in [0.1, 0.15) is 10.8 Å². The number of halogens is 1. The maximum absolute atomic E-state index is 11.9. The summed E-state index contributed by atoms with van der Waals surface area (Å²) in [6.45, 7) is 0. The zero-order valence-electron chi connectivity index (χ0n) is 13.6. The van der Waals surface area contributed by atoms with Gasteiger partial charge in [-0.1, -0.05) is 57.6 Å². The number of anilines is 1. The number of hydrogen-bond acceptors (Lipinski definition) is 7. The number of benzene rings is 2. The van der Waals surface area contributed by atoms with Crippen LogP contribution in [0.15, 0.2) is 58.1 Å². The van der Waals surface area contributed by atoms with Gasteiger partial charge in [-0.15, -0.1) is 10.2 Å². The Balaban J connectivity index is 1.58. The summed E-state index contributed by atoms with van der Waals surface area (Å²) >= 11 is 4.41. The molecule has 0 radical (unpaired) electrons. The number of carbonyl (C=O) groups excluding carboxylic acids is 2. The van der Waals surface area contributed by atoms with Crippen molar-refractivity contribution in [1.29, 1.82) is 0 Å². The molecule has 3 aromatic rings. The molecule has 0 unspecified atom stereocenters. The minimum absolute atomic E-state index is 0.0112. The highest BCUT2D eigenvalue weighted by Gasteiger charge is 2.16. The molecule has 0 atom stereocenters. The molecule has 0 aliphatic carbocycles. The molecule has 0 saturated carbocycles. The Morgan fingerprint density at radius 3 is 2.67 bits per heavy atom. The van der Waals surface area contributed by atoms with E-state index in [0.29, 0.717) is 10.6 Å². The molecular formula is C17H12BrN5O3S. The molecule has 2 amide bonds. The van der Waals surface area contributed by atoms with Crippen LogP contribution in [0, 0.1) is 0 Å². The van der Waals surface area contributed by atoms with Crippen molar-refractivity contribution in [3.8, 4) is 16.3 Å². The number of hydrogen-bond donors (Lipinski definition) is 3. The van der Waals surface area contributed by atoms with E-state index in [0.717, 1.165) is 21.4 Å². The summed E-state index contributed by atoms with van der Waals surface area (Å²) < 4.78 is 0.733. The fraction of sp³-hybridized carbons (Fsp3) is 0. The minimum atomic E-state index is -0.975. The van der Waals surface area contributed by atoms with E-state index in [-0.39, 0.29) is 10.9 Å². The molecule has 27 heavy (non-hydrogen) atoms. The molecule has 0 aliphatic heterocycles. The Bertz CT molecular complexity index is 1010. The summed E-state index contributed by atoms with van der Waals surface area (Å²) in [5.41, 5.74) is 3.32. The van der Waals surface area contributed by atoms with Gasteiger partial charge >= 0.3 is 11.8 Å². The maximum atomic E-state index is 11.9. The van der Waals surface area contributed by atoms with Gasteiger partial charge in [-0.3, -0.25) is 14.9 Å². The highest BCUT2D eigenvalue weighted by atomic mass is 79.9. The number of amides is 2. The smallest absolute Gasteiger partial charge is 0.329 e. The number of hydrazone groups is 1. The van der Waals surface area contributed by atoms with Crippen LogP contribution in [-0.2, 0) is 9.59 Å². The number of rotatable bonds is 4. The standard InChI is InChI=1S/C17H12BrN5O3S/c18-12-6-7-13(24)11(8-12)9-19-21-15(26)14(25)20-17-23-22-16(27-17)10-4-2-1-3-5-10/h1-9,24H,(H,21,26)(H,20,23,25)/b19-9-. The molecule has 2 aromatic carbocycles. The van der Waals surface area contributed by atoms with Crippen molar-refractivity contribution in [2.45, 2.75) is 0 Å². The number of aromatic hydroxyl groups is 1. The van der Waals surface area contributed by atoms with Crippen LogP contribution in [0.5, 0.6) is 5.75 Å². The van der Waals surface area contributed by atoms with Gasteiger partial charge in [-0.05, 0) is 18.2 Å². The molecule has 0 bridgehead atoms. The largest absolute Gasteiger partial charge is 0.507 e. The maximum Gasteiger partial charge on any atom is 0.329 e. The lowest BCUT2D eigenvalue weighted by Gasteiger charge is -2.01. The quantitative estimate of drug-likeness (QED) is 0.324. The molecule has 3 N–H and O–H groups in total. The molecule has 0 saturated heterocycles. The number of phenols is 1. The van der Waals surface area contributed by atoms with Crippen molar-refractivity contribution < 1.29 is 14.7 Å². The highest BCUT2D eigenvalue weighted by molar-refractivity contribution is 9.10. The van der Waals surface area contributed by atoms with Crippen molar-refractivity contribution in [2.24, 2.45) is 5.10 Å². The SMILES string of the molecule is O=C(N/N=C\c1cc(Br)ccc1O)C(=O)Nc1nnc(-c2ccccc2)s1. The lowest BCUT2D eigenvalue weighted by molar-refractivity contribution is -0.136. The van der Waals surface area contributed by atoms with E-state index in [4.69, 9.17) is 0 Å². The summed E-state index contributed by atoms with van der Waals surface area (Å²) in [6.07, 6.45) is 1.23. The zero-order chi connectivity index (χ0) is 19.2. The fourth-order valence-corrected chi connectivity index (χ4v) is 3.09. The van der Waals surface area contributed by atoms with Crippen LogP contribution in [-0.4, -0.2) is 33.3 Å². The van der Waals surface area contributed by atoms with E-state index in [1.807, 2.05) is 30.3 Å². The van der Waals surface area contributed by atoms with E-state index >= 15 is 0 Å². The second kappa shape index (κ2) is 8.52. The van der Waals surface area contributed by atoms with Gasteiger partial charge in [-0.2, -0.15) is 5.10 Å². The van der Waals surface area contributed by atoms with Gasteiger partial charge in [-0.25, -0.2) is 5.43 Å². The Morgan fingerprint density at radius 2 is 1.89 bits per heavy atom. The summed E-state index contributed by atoms with van der Waals surface area (Å²) in [6, 6.07) is 14.1. The molecule has 1 aromatic heterocycles. The van der Waals surface area contributed by atoms with Crippen LogP contribution in [0.3, 0.4) is 0 Å². The van der Waals surface area contributed by atoms with E-state index in [2.05, 4.69) is 42.0 Å². The van der Waals surface area contributed by atoms with E-state index in [1.54, 1.807) is 12.1 Å². The fourth-order valence-electron chi connectivity index (χ4n) is 1.97. The average molecular weight is 446 g/mol. The molecule has 10 heteroatoms. The van der Waals surface area contributed by atoms with E-state index in [9.17, 15) is 14.7 Å². The lowest BCUT2D eigenvalue weighted by atomic mass is 10.2. The molecule has 0 fully saturated rings. The zero-order valence-corrected chi connectivity index (χ0v) is 16.0. The van der Waals surface area contributed by atoms with E-state index < -0.39 is 11.8 Å². The van der Waals surface area contributed by atoms with Crippen LogP contribution in [0.2, 0.25) is 0 Å². The van der Waals surface area contributed by atoms with E-state index in [1.165, 1.54) is 12.3 Å². The first-order valence-electron chi connectivity index (χ1n) is 7.55. The highest BCUT2D eigenvalue weighted by Crippen LogP contribution is 2.25. The Morgan fingerprint density at radius 1 is 1.11 bits per heavy atom. The van der Waals surface area contributed by atoms with Gasteiger partial charge in [0.2, 0.25) is 5.13 Å². The van der Waals surface area contributed by atoms with Crippen LogP contribution in [0.4, 0.5) is 5.13 Å². The predicted molar refractivity (Wildman–Crippen MR) is 106 cm³/mol. The van der Waals surface area contributed by atoms with Gasteiger partial charge in [0.15, 0.2) is 0 Å². The topological polar surface area (TPSA) is 117 Å². The Labute approximate surface area is 166 Å². The average Bonchev–Trinajstić information content (AvgIpc) is 3.13.